The van der Waals surface area contributed by atoms with Crippen molar-refractivity contribution in [1.82, 2.24) is 15.2 Å². The van der Waals surface area contributed by atoms with Gasteiger partial charge in [-0.1, -0.05) is 5.16 Å². The van der Waals surface area contributed by atoms with Crippen LogP contribution in [0.4, 0.5) is 5.13 Å². The van der Waals surface area contributed by atoms with E-state index in [1.54, 1.807) is 0 Å². The number of ether oxygens (including phenoxy) is 1. The Morgan fingerprint density at radius 2 is 2.12 bits per heavy atom. The standard InChI is InChI=1S/C17H15N5O10S2/c1-5(14(26)27)32-21-9(7-3-33-16(18)19-7)11(24)20-10-12(25)22-13(10)34(30)4-6-2-8(23)31-17(6,22)15(28)29/h3,6,10,13H,1-2,4H2,(H2,18,19)(H,20,24)(H,26,27)(H,28,29)/b21-9-. The van der Waals surface area contributed by atoms with Crippen LogP contribution in [0.2, 0.25) is 0 Å². The number of β-lactam (4-membered cyclic amide) rings is 1. The van der Waals surface area contributed by atoms with Crippen molar-refractivity contribution in [1.29, 1.82) is 0 Å². The monoisotopic (exact) mass is 513 g/mol. The summed E-state index contributed by atoms with van der Waals surface area (Å²) in [7, 11) is -1.84. The first-order valence-electron chi connectivity index (χ1n) is 9.32. The lowest BCUT2D eigenvalue weighted by Crippen LogP contribution is -2.83. The summed E-state index contributed by atoms with van der Waals surface area (Å²) in [4.78, 5) is 69.7. The van der Waals surface area contributed by atoms with Crippen LogP contribution in [0, 0.1) is 5.92 Å². The molecule has 3 fully saturated rings. The highest BCUT2D eigenvalue weighted by Crippen LogP contribution is 2.47. The molecule has 0 saturated carbocycles. The molecule has 0 spiro atoms. The van der Waals surface area contributed by atoms with Gasteiger partial charge in [-0.2, -0.15) is 0 Å². The van der Waals surface area contributed by atoms with Crippen LogP contribution in [-0.4, -0.2) is 82.6 Å². The molecule has 1 aromatic heterocycles. The number of carbonyl (C=O) groups excluding carboxylic acids is 3. The van der Waals surface area contributed by atoms with Crippen LogP contribution in [0.5, 0.6) is 0 Å². The number of amides is 2. The van der Waals surface area contributed by atoms with Crippen LogP contribution in [0.15, 0.2) is 22.9 Å². The van der Waals surface area contributed by atoms with Crippen molar-refractivity contribution in [2.75, 3.05) is 11.5 Å². The fourth-order valence-electron chi connectivity index (χ4n) is 3.84. The number of hydrogen-bond acceptors (Lipinski definition) is 12. The minimum Gasteiger partial charge on any atom is -0.477 e. The molecule has 0 bridgehead atoms. The zero-order valence-corrected chi connectivity index (χ0v) is 18.5. The Bertz CT molecular complexity index is 1210. The van der Waals surface area contributed by atoms with E-state index in [-0.39, 0.29) is 23.0 Å². The van der Waals surface area contributed by atoms with E-state index in [0.29, 0.717) is 4.90 Å². The fraction of sp³-hybridized carbons (Fsp3) is 0.353. The van der Waals surface area contributed by atoms with Gasteiger partial charge in [0.15, 0.2) is 10.8 Å². The third-order valence-corrected chi connectivity index (χ3v) is 7.76. The molecular weight excluding hydrogens is 498 g/mol. The van der Waals surface area contributed by atoms with E-state index >= 15 is 0 Å². The van der Waals surface area contributed by atoms with E-state index in [4.69, 9.17) is 15.6 Å². The third-order valence-electron chi connectivity index (χ3n) is 5.33. The van der Waals surface area contributed by atoms with Gasteiger partial charge >= 0.3 is 17.9 Å². The maximum atomic E-state index is 12.9. The van der Waals surface area contributed by atoms with Crippen molar-refractivity contribution < 1.29 is 48.0 Å². The molecule has 0 radical (unpaired) electrons. The molecule has 5 N–H and O–H groups in total. The first kappa shape index (κ1) is 23.3. The number of anilines is 1. The lowest BCUT2D eigenvalue weighted by atomic mass is 9.89. The van der Waals surface area contributed by atoms with Gasteiger partial charge in [-0.15, -0.1) is 11.3 Å². The van der Waals surface area contributed by atoms with Crippen LogP contribution in [-0.2, 0) is 44.3 Å². The summed E-state index contributed by atoms with van der Waals surface area (Å²) in [6.07, 6.45) is -0.321. The largest absolute Gasteiger partial charge is 0.477 e. The maximum Gasteiger partial charge on any atom is 0.374 e. The summed E-state index contributed by atoms with van der Waals surface area (Å²) in [6, 6.07) is -1.45. The summed E-state index contributed by atoms with van der Waals surface area (Å²) < 4.78 is 17.8. The summed E-state index contributed by atoms with van der Waals surface area (Å²) in [5.74, 6) is -8.09. The molecule has 34 heavy (non-hydrogen) atoms. The van der Waals surface area contributed by atoms with Crippen LogP contribution in [0.1, 0.15) is 12.1 Å². The maximum absolute atomic E-state index is 12.9. The number of thiazole rings is 1. The van der Waals surface area contributed by atoms with E-state index in [1.807, 2.05) is 0 Å². The van der Waals surface area contributed by atoms with Crippen LogP contribution >= 0.6 is 11.3 Å². The molecule has 3 aliphatic heterocycles. The van der Waals surface area contributed by atoms with Crippen molar-refractivity contribution in [3.63, 3.8) is 0 Å². The van der Waals surface area contributed by atoms with Crippen molar-refractivity contribution in [2.45, 2.75) is 23.6 Å². The highest BCUT2D eigenvalue weighted by atomic mass is 32.2. The molecule has 3 aliphatic rings. The van der Waals surface area contributed by atoms with E-state index in [0.717, 1.165) is 11.3 Å². The summed E-state index contributed by atoms with van der Waals surface area (Å²) >= 11 is 0.936. The first-order valence-corrected chi connectivity index (χ1v) is 11.6. The van der Waals surface area contributed by atoms with Crippen molar-refractivity contribution in [2.24, 2.45) is 11.1 Å². The lowest BCUT2D eigenvalue weighted by Gasteiger charge is -2.56. The number of carbonyl (C=O) groups is 5. The molecule has 180 valence electrons. The number of carboxylic acid groups (broad SMARTS) is 2. The van der Waals surface area contributed by atoms with Crippen molar-refractivity contribution in [3.05, 3.63) is 23.4 Å². The highest BCUT2D eigenvalue weighted by molar-refractivity contribution is 7.85. The molecule has 0 aliphatic carbocycles. The topological polar surface area (TPSA) is 228 Å². The lowest BCUT2D eigenvalue weighted by molar-refractivity contribution is -0.216. The second-order valence-corrected chi connectivity index (χ2v) is 9.77. The Morgan fingerprint density at radius 1 is 1.41 bits per heavy atom. The number of nitrogens with two attached hydrogens (primary N) is 1. The van der Waals surface area contributed by atoms with E-state index in [2.05, 4.69) is 26.9 Å². The minimum absolute atomic E-state index is 0.0457. The second-order valence-electron chi connectivity index (χ2n) is 7.30. The van der Waals surface area contributed by atoms with Crippen LogP contribution in [0.25, 0.3) is 0 Å². The first-order chi connectivity index (χ1) is 16.0. The highest BCUT2D eigenvalue weighted by Gasteiger charge is 2.73. The van der Waals surface area contributed by atoms with Gasteiger partial charge in [0.05, 0.1) is 12.3 Å². The van der Waals surface area contributed by atoms with Gasteiger partial charge < -0.3 is 30.8 Å². The van der Waals surface area contributed by atoms with Gasteiger partial charge in [0, 0.05) is 21.9 Å². The zero-order valence-electron chi connectivity index (χ0n) is 16.8. The van der Waals surface area contributed by atoms with Gasteiger partial charge in [0.25, 0.3) is 17.5 Å². The van der Waals surface area contributed by atoms with Crippen LogP contribution in [0.3, 0.4) is 0 Å². The van der Waals surface area contributed by atoms with Crippen molar-refractivity contribution >= 4 is 62.7 Å². The quantitative estimate of drug-likeness (QED) is 0.0760. The van der Waals surface area contributed by atoms with Crippen molar-refractivity contribution in [3.8, 4) is 0 Å². The Hall–Kier alpha value is -3.86. The number of carboxylic acids is 2. The number of fused-ring (bicyclic) bond motifs is 3. The molecule has 5 unspecified atom stereocenters. The molecule has 2 amide bonds. The SMILES string of the molecule is C=C(O/N=C(\C(=O)NC1C(=O)N2C1S(=O)CC1CC(=O)OC12C(=O)O)c1csc(N)n1)C(=O)O. The number of nitrogen functional groups attached to an aromatic ring is 1. The average Bonchev–Trinajstić information content (AvgIpc) is 3.33. The van der Waals surface area contributed by atoms with Gasteiger partial charge in [0.2, 0.25) is 5.76 Å². The molecule has 17 heteroatoms. The molecular formula is C17H15N5O10S2. The Balaban J connectivity index is 1.60. The van der Waals surface area contributed by atoms with Gasteiger partial charge in [-0.25, -0.2) is 14.6 Å². The number of aliphatic carboxylic acids is 2. The number of esters is 1. The summed E-state index contributed by atoms with van der Waals surface area (Å²) in [6.45, 7) is 3.11. The molecule has 15 nitrogen and oxygen atoms in total. The zero-order chi connectivity index (χ0) is 24.9. The number of nitrogens with zero attached hydrogens (tertiary/aromatic N) is 3. The molecule has 1 aromatic rings. The Labute approximate surface area is 195 Å². The molecule has 4 heterocycles. The van der Waals surface area contributed by atoms with E-state index in [9.17, 15) is 33.3 Å². The molecule has 3 saturated heterocycles. The second kappa shape index (κ2) is 8.17. The van der Waals surface area contributed by atoms with Gasteiger partial charge in [0.1, 0.15) is 17.1 Å². The predicted octanol–water partition coefficient (Wildman–Crippen LogP) is -2.20. The van der Waals surface area contributed by atoms with E-state index in [1.165, 1.54) is 5.38 Å². The third kappa shape index (κ3) is 3.48. The minimum atomic E-state index is -2.31. The molecule has 0 aromatic carbocycles. The molecule has 5 atom stereocenters. The number of hydrogen-bond donors (Lipinski definition) is 4. The predicted molar refractivity (Wildman–Crippen MR) is 111 cm³/mol. The number of oxime groups is 1. The Morgan fingerprint density at radius 3 is 2.71 bits per heavy atom. The molecule has 4 rings (SSSR count). The number of aromatic nitrogens is 1. The number of nitrogens with one attached hydrogen (secondary N) is 1. The summed E-state index contributed by atoms with van der Waals surface area (Å²) in [5.41, 5.74) is 2.57. The fourth-order valence-corrected chi connectivity index (χ4v) is 6.31. The smallest absolute Gasteiger partial charge is 0.374 e. The van der Waals surface area contributed by atoms with Crippen LogP contribution < -0.4 is 11.1 Å². The Kier molecular flexibility index (Phi) is 5.60. The van der Waals surface area contributed by atoms with Gasteiger partial charge in [-0.05, 0) is 6.58 Å². The van der Waals surface area contributed by atoms with Gasteiger partial charge in [-0.3, -0.25) is 23.5 Å². The average molecular weight is 513 g/mol. The summed E-state index contributed by atoms with van der Waals surface area (Å²) in [5, 5.41) is 24.4. The van der Waals surface area contributed by atoms with E-state index < -0.39 is 75.1 Å². The normalized spacial score (nSPS) is 29.9. The number of rotatable bonds is 7.